The van der Waals surface area contributed by atoms with Crippen molar-refractivity contribution >= 4 is 16.7 Å². The third-order valence-electron chi connectivity index (χ3n) is 5.33. The van der Waals surface area contributed by atoms with Crippen LogP contribution in [0.15, 0.2) is 54.6 Å². The van der Waals surface area contributed by atoms with E-state index in [1.165, 1.54) is 14.2 Å². The Hall–Kier alpha value is -4.00. The van der Waals surface area contributed by atoms with Gasteiger partial charge in [-0.25, -0.2) is 9.97 Å². The number of rotatable bonds is 6. The minimum absolute atomic E-state index is 0.0716. The van der Waals surface area contributed by atoms with Crippen LogP contribution in [0.3, 0.4) is 0 Å². The van der Waals surface area contributed by atoms with E-state index < -0.39 is 6.04 Å². The van der Waals surface area contributed by atoms with E-state index >= 15 is 0 Å². The molecule has 4 aromatic rings. The van der Waals surface area contributed by atoms with Crippen LogP contribution >= 0.6 is 0 Å². The minimum atomic E-state index is -0.528. The summed E-state index contributed by atoms with van der Waals surface area (Å²) in [6, 6.07) is 16.2. The van der Waals surface area contributed by atoms with Crippen molar-refractivity contribution in [2.45, 2.75) is 19.9 Å². The van der Waals surface area contributed by atoms with Crippen molar-refractivity contribution in [3.05, 3.63) is 77.1 Å². The van der Waals surface area contributed by atoms with Gasteiger partial charge in [0, 0.05) is 22.3 Å². The van der Waals surface area contributed by atoms with Crippen LogP contribution < -0.4 is 14.8 Å². The molecule has 2 heterocycles. The average Bonchev–Trinajstić information content (AvgIpc) is 2.79. The standard InChI is InChI=1S/C25H25N3O4/c1-14-6-5-7-21(26-14)28-22(17-12-19(31-3)25(30)20(13-17)32-4)18-11-10-16-9-8-15(2)27-23(16)24(18)29/h5-13,22,29-30H,1-4H3,(H,26,28). The number of aryl methyl sites for hydroxylation is 2. The highest BCUT2D eigenvalue weighted by Crippen LogP contribution is 2.43. The lowest BCUT2D eigenvalue weighted by Crippen LogP contribution is -2.14. The van der Waals surface area contributed by atoms with Gasteiger partial charge in [0.1, 0.15) is 17.1 Å². The lowest BCUT2D eigenvalue weighted by molar-refractivity contribution is 0.339. The zero-order chi connectivity index (χ0) is 22.8. The van der Waals surface area contributed by atoms with Crippen molar-refractivity contribution in [3.63, 3.8) is 0 Å². The van der Waals surface area contributed by atoms with Crippen LogP contribution in [0, 0.1) is 13.8 Å². The molecule has 0 fully saturated rings. The van der Waals surface area contributed by atoms with Gasteiger partial charge in [0.2, 0.25) is 5.75 Å². The fraction of sp³-hybridized carbons (Fsp3) is 0.200. The number of aromatic nitrogens is 2. The molecular formula is C25H25N3O4. The van der Waals surface area contributed by atoms with Crippen LogP contribution in [-0.2, 0) is 0 Å². The van der Waals surface area contributed by atoms with Crippen LogP contribution in [0.25, 0.3) is 10.9 Å². The molecule has 0 aliphatic heterocycles. The molecule has 2 aromatic heterocycles. The highest BCUT2D eigenvalue weighted by Gasteiger charge is 2.24. The zero-order valence-electron chi connectivity index (χ0n) is 18.4. The number of aromatic hydroxyl groups is 2. The second-order valence-electron chi connectivity index (χ2n) is 7.54. The van der Waals surface area contributed by atoms with Crippen molar-refractivity contribution in [2.75, 3.05) is 19.5 Å². The third kappa shape index (κ3) is 3.97. The Morgan fingerprint density at radius 2 is 1.47 bits per heavy atom. The largest absolute Gasteiger partial charge is 0.505 e. The number of methoxy groups -OCH3 is 2. The average molecular weight is 431 g/mol. The molecule has 0 saturated carbocycles. The summed E-state index contributed by atoms with van der Waals surface area (Å²) in [5.74, 6) is 1.14. The molecule has 1 unspecified atom stereocenters. The van der Waals surface area contributed by atoms with Crippen molar-refractivity contribution in [1.82, 2.24) is 9.97 Å². The first-order valence-electron chi connectivity index (χ1n) is 10.2. The fourth-order valence-electron chi connectivity index (χ4n) is 3.71. The number of hydrogen-bond donors (Lipinski definition) is 3. The zero-order valence-corrected chi connectivity index (χ0v) is 18.4. The monoisotopic (exact) mass is 431 g/mol. The first kappa shape index (κ1) is 21.2. The van der Waals surface area contributed by atoms with Gasteiger partial charge in [-0.1, -0.05) is 24.3 Å². The number of phenolic OH excluding ortho intramolecular Hbond substituents is 2. The molecule has 32 heavy (non-hydrogen) atoms. The number of phenols is 2. The first-order valence-corrected chi connectivity index (χ1v) is 10.2. The van der Waals surface area contributed by atoms with Crippen molar-refractivity contribution in [2.24, 2.45) is 0 Å². The van der Waals surface area contributed by atoms with E-state index in [9.17, 15) is 10.2 Å². The summed E-state index contributed by atoms with van der Waals surface area (Å²) in [6.07, 6.45) is 0. The van der Waals surface area contributed by atoms with Crippen molar-refractivity contribution in [3.8, 4) is 23.0 Å². The Morgan fingerprint density at radius 1 is 0.812 bits per heavy atom. The number of nitrogens with zero attached hydrogens (tertiary/aromatic N) is 2. The molecular weight excluding hydrogens is 406 g/mol. The summed E-state index contributed by atoms with van der Waals surface area (Å²) in [6.45, 7) is 3.79. The van der Waals surface area contributed by atoms with E-state index in [-0.39, 0.29) is 23.0 Å². The Balaban J connectivity index is 1.93. The smallest absolute Gasteiger partial charge is 0.200 e. The molecule has 4 rings (SSSR count). The normalized spacial score (nSPS) is 11.9. The molecule has 3 N–H and O–H groups in total. The Morgan fingerprint density at radius 3 is 2.12 bits per heavy atom. The van der Waals surface area contributed by atoms with E-state index in [0.717, 1.165) is 16.8 Å². The summed E-state index contributed by atoms with van der Waals surface area (Å²) in [5, 5.41) is 25.8. The summed E-state index contributed by atoms with van der Waals surface area (Å²) < 4.78 is 10.7. The molecule has 0 aliphatic rings. The quantitative estimate of drug-likeness (QED) is 0.400. The summed E-state index contributed by atoms with van der Waals surface area (Å²) in [7, 11) is 2.95. The second-order valence-corrected chi connectivity index (χ2v) is 7.54. The van der Waals surface area contributed by atoms with Crippen molar-refractivity contribution < 1.29 is 19.7 Å². The fourth-order valence-corrected chi connectivity index (χ4v) is 3.71. The molecule has 7 nitrogen and oxygen atoms in total. The van der Waals surface area contributed by atoms with Gasteiger partial charge in [0.05, 0.1) is 20.3 Å². The number of anilines is 1. The molecule has 7 heteroatoms. The van der Waals surface area contributed by atoms with Gasteiger partial charge in [0.25, 0.3) is 0 Å². The van der Waals surface area contributed by atoms with Gasteiger partial charge in [-0.05, 0) is 49.7 Å². The Labute approximate surface area is 186 Å². The van der Waals surface area contributed by atoms with E-state index in [4.69, 9.17) is 9.47 Å². The van der Waals surface area contributed by atoms with Gasteiger partial charge >= 0.3 is 0 Å². The number of hydrogen-bond acceptors (Lipinski definition) is 7. The number of ether oxygens (including phenoxy) is 2. The van der Waals surface area contributed by atoms with Crippen LogP contribution in [0.2, 0.25) is 0 Å². The molecule has 0 aliphatic carbocycles. The minimum Gasteiger partial charge on any atom is -0.505 e. The predicted octanol–water partition coefficient (Wildman–Crippen LogP) is 4.88. The topological polar surface area (TPSA) is 96.7 Å². The second kappa shape index (κ2) is 8.63. The Bertz CT molecular complexity index is 1260. The lowest BCUT2D eigenvalue weighted by Gasteiger charge is -2.23. The van der Waals surface area contributed by atoms with Crippen molar-refractivity contribution in [1.29, 1.82) is 0 Å². The van der Waals surface area contributed by atoms with E-state index in [0.29, 0.717) is 22.5 Å². The van der Waals surface area contributed by atoms with Gasteiger partial charge in [0.15, 0.2) is 11.5 Å². The number of fused-ring (bicyclic) bond motifs is 1. The number of nitrogens with one attached hydrogen (secondary N) is 1. The molecule has 0 saturated heterocycles. The van der Waals surface area contributed by atoms with Gasteiger partial charge in [-0.3, -0.25) is 0 Å². The van der Waals surface area contributed by atoms with E-state index in [1.807, 2.05) is 56.3 Å². The van der Waals surface area contributed by atoms with Crippen LogP contribution in [0.5, 0.6) is 23.0 Å². The highest BCUT2D eigenvalue weighted by atomic mass is 16.5. The molecule has 0 radical (unpaired) electrons. The maximum atomic E-state index is 11.2. The number of benzene rings is 2. The van der Waals surface area contributed by atoms with Crippen LogP contribution in [-0.4, -0.2) is 34.4 Å². The summed E-state index contributed by atoms with van der Waals surface area (Å²) in [4.78, 5) is 9.08. The third-order valence-corrected chi connectivity index (χ3v) is 5.33. The van der Waals surface area contributed by atoms with E-state index in [2.05, 4.69) is 15.3 Å². The maximum absolute atomic E-state index is 11.2. The predicted molar refractivity (Wildman–Crippen MR) is 124 cm³/mol. The number of pyridine rings is 2. The Kier molecular flexibility index (Phi) is 5.73. The van der Waals surface area contributed by atoms with Gasteiger partial charge in [-0.2, -0.15) is 0 Å². The van der Waals surface area contributed by atoms with E-state index in [1.54, 1.807) is 12.1 Å². The summed E-state index contributed by atoms with van der Waals surface area (Å²) in [5.41, 5.74) is 3.50. The molecule has 164 valence electrons. The van der Waals surface area contributed by atoms with Crippen LogP contribution in [0.1, 0.15) is 28.6 Å². The lowest BCUT2D eigenvalue weighted by atomic mass is 9.95. The maximum Gasteiger partial charge on any atom is 0.200 e. The molecule has 0 amide bonds. The molecule has 0 spiro atoms. The van der Waals surface area contributed by atoms with Gasteiger partial charge < -0.3 is 25.0 Å². The first-order chi connectivity index (χ1) is 15.4. The molecule has 2 aromatic carbocycles. The molecule has 0 bridgehead atoms. The summed E-state index contributed by atoms with van der Waals surface area (Å²) >= 11 is 0. The molecule has 1 atom stereocenters. The SMILES string of the molecule is COc1cc(C(Nc2cccc(C)n2)c2ccc3ccc(C)nc3c2O)cc(OC)c1O. The highest BCUT2D eigenvalue weighted by molar-refractivity contribution is 5.86. The van der Waals surface area contributed by atoms with Crippen LogP contribution in [0.4, 0.5) is 5.82 Å². The van der Waals surface area contributed by atoms with Gasteiger partial charge in [-0.15, -0.1) is 0 Å².